The first-order valence-corrected chi connectivity index (χ1v) is 5.28. The molecule has 0 spiro atoms. The van der Waals surface area contributed by atoms with Crippen molar-refractivity contribution < 1.29 is 14.5 Å². The van der Waals surface area contributed by atoms with E-state index < -0.39 is 28.2 Å². The molecule has 0 aromatic heterocycles. The van der Waals surface area contributed by atoms with E-state index in [1.807, 2.05) is 0 Å². The number of hydrogen-bond donors (Lipinski definition) is 0. The van der Waals surface area contributed by atoms with Crippen LogP contribution in [0.3, 0.4) is 0 Å². The Morgan fingerprint density at radius 1 is 1.37 bits per heavy atom. The molecule has 0 fully saturated rings. The molecular weight excluding hydrogens is 250 g/mol. The van der Waals surface area contributed by atoms with Crippen LogP contribution in [0.1, 0.15) is 10.4 Å². The van der Waals surface area contributed by atoms with Crippen molar-refractivity contribution in [2.45, 2.75) is 0 Å². The Hall–Kier alpha value is -2.75. The average Bonchev–Trinajstić information content (AvgIpc) is 2.39. The molecular formula is C12H11N3O4. The quantitative estimate of drug-likeness (QED) is 0.348. The van der Waals surface area contributed by atoms with Crippen molar-refractivity contribution in [2.75, 3.05) is 14.1 Å². The van der Waals surface area contributed by atoms with Crippen LogP contribution >= 0.6 is 0 Å². The number of carbonyl (C=O) groups excluding carboxylic acids is 2. The van der Waals surface area contributed by atoms with E-state index in [4.69, 9.17) is 5.26 Å². The number of ketones is 1. The second kappa shape index (κ2) is 5.73. The van der Waals surface area contributed by atoms with Crippen molar-refractivity contribution in [3.63, 3.8) is 0 Å². The van der Waals surface area contributed by atoms with Gasteiger partial charge in [0.25, 0.3) is 5.69 Å². The molecule has 1 aromatic rings. The summed E-state index contributed by atoms with van der Waals surface area (Å²) in [6, 6.07) is 6.81. The molecule has 1 rings (SSSR count). The summed E-state index contributed by atoms with van der Waals surface area (Å²) < 4.78 is 0. The number of nitrogens with zero attached hydrogens (tertiary/aromatic N) is 3. The SMILES string of the molecule is CN(C)C(=O)C(C#N)C(=O)c1ccccc1[N+](=O)[O-]. The number of rotatable bonds is 4. The first kappa shape index (κ1) is 14.3. The number of amides is 1. The van der Waals surface area contributed by atoms with Gasteiger partial charge in [0.2, 0.25) is 5.91 Å². The van der Waals surface area contributed by atoms with E-state index in [-0.39, 0.29) is 5.56 Å². The molecule has 98 valence electrons. The van der Waals surface area contributed by atoms with Gasteiger partial charge in [-0.25, -0.2) is 0 Å². The van der Waals surface area contributed by atoms with E-state index >= 15 is 0 Å². The molecule has 0 saturated carbocycles. The van der Waals surface area contributed by atoms with E-state index in [9.17, 15) is 19.7 Å². The fourth-order valence-corrected chi connectivity index (χ4v) is 1.48. The molecule has 7 nitrogen and oxygen atoms in total. The van der Waals surface area contributed by atoms with Crippen LogP contribution in [0, 0.1) is 27.4 Å². The predicted molar refractivity (Wildman–Crippen MR) is 65.2 cm³/mol. The number of nitro groups is 1. The van der Waals surface area contributed by atoms with Crippen LogP contribution in [0.5, 0.6) is 0 Å². The number of Topliss-reactive ketones (excluding diaryl/α,β-unsaturated/α-hetero) is 1. The Kier molecular flexibility index (Phi) is 4.32. The second-order valence-electron chi connectivity index (χ2n) is 3.93. The lowest BCUT2D eigenvalue weighted by Crippen LogP contribution is -2.34. The van der Waals surface area contributed by atoms with Gasteiger partial charge in [0.1, 0.15) is 0 Å². The molecule has 0 bridgehead atoms. The lowest BCUT2D eigenvalue weighted by molar-refractivity contribution is -0.385. The summed E-state index contributed by atoms with van der Waals surface area (Å²) in [5.41, 5.74) is -0.659. The molecule has 0 aliphatic heterocycles. The van der Waals surface area contributed by atoms with Crippen LogP contribution in [0.15, 0.2) is 24.3 Å². The van der Waals surface area contributed by atoms with E-state index in [0.717, 1.165) is 11.0 Å². The van der Waals surface area contributed by atoms with E-state index in [0.29, 0.717) is 0 Å². The lowest BCUT2D eigenvalue weighted by Gasteiger charge is -2.13. The van der Waals surface area contributed by atoms with Gasteiger partial charge in [-0.05, 0) is 6.07 Å². The zero-order valence-electron chi connectivity index (χ0n) is 10.4. The molecule has 1 unspecified atom stereocenters. The summed E-state index contributed by atoms with van der Waals surface area (Å²) in [7, 11) is 2.80. The number of para-hydroxylation sites is 1. The first-order chi connectivity index (χ1) is 8.90. The highest BCUT2D eigenvalue weighted by atomic mass is 16.6. The van der Waals surface area contributed by atoms with Crippen LogP contribution in [0.4, 0.5) is 5.69 Å². The minimum atomic E-state index is -1.57. The molecule has 1 amide bonds. The second-order valence-corrected chi connectivity index (χ2v) is 3.93. The van der Waals surface area contributed by atoms with Gasteiger partial charge in [0, 0.05) is 20.2 Å². The minimum Gasteiger partial charge on any atom is -0.347 e. The maximum atomic E-state index is 12.1. The Morgan fingerprint density at radius 3 is 2.42 bits per heavy atom. The lowest BCUT2D eigenvalue weighted by atomic mass is 9.96. The molecule has 0 aliphatic carbocycles. The molecule has 0 radical (unpaired) electrons. The van der Waals surface area contributed by atoms with Crippen LogP contribution in [-0.4, -0.2) is 35.6 Å². The van der Waals surface area contributed by atoms with Gasteiger partial charge in [0.15, 0.2) is 11.7 Å². The number of hydrogen-bond acceptors (Lipinski definition) is 5. The van der Waals surface area contributed by atoms with E-state index in [2.05, 4.69) is 0 Å². The number of carbonyl (C=O) groups is 2. The van der Waals surface area contributed by atoms with Gasteiger partial charge in [-0.3, -0.25) is 19.7 Å². The van der Waals surface area contributed by atoms with Crippen molar-refractivity contribution >= 4 is 17.4 Å². The summed E-state index contributed by atoms with van der Waals surface area (Å²) in [5, 5.41) is 19.7. The largest absolute Gasteiger partial charge is 0.347 e. The maximum Gasteiger partial charge on any atom is 0.280 e. The third-order valence-electron chi connectivity index (χ3n) is 2.45. The highest BCUT2D eigenvalue weighted by molar-refractivity contribution is 6.13. The number of nitro benzene ring substituents is 1. The fraction of sp³-hybridized carbons (Fsp3) is 0.250. The van der Waals surface area contributed by atoms with Crippen molar-refractivity contribution in [3.8, 4) is 6.07 Å². The molecule has 7 heteroatoms. The summed E-state index contributed by atoms with van der Waals surface area (Å²) in [6.07, 6.45) is 0. The third kappa shape index (κ3) is 2.93. The first-order valence-electron chi connectivity index (χ1n) is 5.28. The Labute approximate surface area is 109 Å². The van der Waals surface area contributed by atoms with Gasteiger partial charge in [-0.15, -0.1) is 0 Å². The van der Waals surface area contributed by atoms with E-state index in [1.54, 1.807) is 6.07 Å². The van der Waals surface area contributed by atoms with Crippen LogP contribution in [-0.2, 0) is 4.79 Å². The summed E-state index contributed by atoms with van der Waals surface area (Å²) in [5.74, 6) is -3.14. The van der Waals surface area contributed by atoms with Crippen molar-refractivity contribution in [1.82, 2.24) is 4.90 Å². The van der Waals surface area contributed by atoms with Gasteiger partial charge in [-0.2, -0.15) is 5.26 Å². The Bertz CT molecular complexity index is 575. The molecule has 1 aromatic carbocycles. The van der Waals surface area contributed by atoms with Crippen LogP contribution in [0.25, 0.3) is 0 Å². The van der Waals surface area contributed by atoms with Gasteiger partial charge >= 0.3 is 0 Å². The Balaban J connectivity index is 3.23. The smallest absolute Gasteiger partial charge is 0.280 e. The minimum absolute atomic E-state index is 0.241. The van der Waals surface area contributed by atoms with Crippen LogP contribution in [0.2, 0.25) is 0 Å². The highest BCUT2D eigenvalue weighted by Crippen LogP contribution is 2.21. The topological polar surface area (TPSA) is 104 Å². The van der Waals surface area contributed by atoms with Gasteiger partial charge < -0.3 is 4.90 Å². The molecule has 19 heavy (non-hydrogen) atoms. The summed E-state index contributed by atoms with van der Waals surface area (Å²) in [4.78, 5) is 34.9. The van der Waals surface area contributed by atoms with Crippen molar-refractivity contribution in [2.24, 2.45) is 5.92 Å². The molecule has 1 atom stereocenters. The monoisotopic (exact) mass is 261 g/mol. The van der Waals surface area contributed by atoms with Gasteiger partial charge in [0.05, 0.1) is 16.6 Å². The fourth-order valence-electron chi connectivity index (χ4n) is 1.48. The molecule has 0 aliphatic rings. The number of benzene rings is 1. The number of nitriles is 1. The van der Waals surface area contributed by atoms with Crippen molar-refractivity contribution in [3.05, 3.63) is 39.9 Å². The highest BCUT2D eigenvalue weighted by Gasteiger charge is 2.32. The zero-order valence-corrected chi connectivity index (χ0v) is 10.4. The predicted octanol–water partition coefficient (Wildman–Crippen LogP) is 1.01. The van der Waals surface area contributed by atoms with Gasteiger partial charge in [-0.1, -0.05) is 12.1 Å². The molecule has 0 saturated heterocycles. The summed E-state index contributed by atoms with van der Waals surface area (Å²) in [6.45, 7) is 0. The Morgan fingerprint density at radius 2 is 1.95 bits per heavy atom. The normalized spacial score (nSPS) is 11.2. The third-order valence-corrected chi connectivity index (χ3v) is 2.45. The molecule has 0 heterocycles. The molecule has 0 N–H and O–H groups in total. The maximum absolute atomic E-state index is 12.1. The van der Waals surface area contributed by atoms with Crippen LogP contribution < -0.4 is 0 Å². The summed E-state index contributed by atoms with van der Waals surface area (Å²) >= 11 is 0. The van der Waals surface area contributed by atoms with E-state index in [1.165, 1.54) is 32.3 Å². The van der Waals surface area contributed by atoms with Crippen molar-refractivity contribution in [1.29, 1.82) is 5.26 Å². The standard InChI is InChI=1S/C12H11N3O4/c1-14(2)12(17)9(7-13)11(16)8-5-3-4-6-10(8)15(18)19/h3-6,9H,1-2H3. The average molecular weight is 261 g/mol. The zero-order chi connectivity index (χ0) is 14.6.